The number of hydrogen-bond donors (Lipinski definition) is 0. The van der Waals surface area contributed by atoms with Crippen LogP contribution in [0, 0.1) is 11.3 Å². The minimum absolute atomic E-state index is 0.659. The summed E-state index contributed by atoms with van der Waals surface area (Å²) in [7, 11) is 0. The summed E-state index contributed by atoms with van der Waals surface area (Å²) < 4.78 is 165. The van der Waals surface area contributed by atoms with E-state index in [4.69, 9.17) is 5.26 Å². The molecule has 0 N–H and O–H groups in total. The van der Waals surface area contributed by atoms with E-state index in [9.17, 15) is 57.1 Å². The molecule has 0 bridgehead atoms. The molecule has 3 nitrogen and oxygen atoms in total. The SMILES string of the molecule is N#CC(F)(F)C(F)(F)OC(F)(C(F)(F)F)C(F)(F)OC(F)(Br)C(F)(F)Br. The van der Waals surface area contributed by atoms with Crippen molar-refractivity contribution in [3.63, 3.8) is 0 Å². The Morgan fingerprint density at radius 3 is 1.31 bits per heavy atom. The normalized spacial score (nSPS) is 19.5. The van der Waals surface area contributed by atoms with Gasteiger partial charge >= 0.3 is 39.8 Å². The fourth-order valence-electron chi connectivity index (χ4n) is 0.873. The summed E-state index contributed by atoms with van der Waals surface area (Å²) in [6.45, 7) is 0. The standard InChI is InChI=1S/C8Br2F13NO2/c9-4(14,15)5(10,16)26-8(22,23)3(13,6(17,18)19)25-7(20,21)2(11,12)1-24. The van der Waals surface area contributed by atoms with Gasteiger partial charge in [-0.15, -0.1) is 0 Å². The Balaban J connectivity index is 6.24. The predicted octanol–water partition coefficient (Wildman–Crippen LogP) is 5.60. The average Bonchev–Trinajstić information content (AvgIpc) is 2.33. The summed E-state index contributed by atoms with van der Waals surface area (Å²) in [5.74, 6) is -13.6. The summed E-state index contributed by atoms with van der Waals surface area (Å²) in [5, 5.41) is 7.67. The number of ether oxygens (including phenoxy) is 2. The van der Waals surface area contributed by atoms with E-state index < -0.39 is 45.8 Å². The highest BCUT2D eigenvalue weighted by molar-refractivity contribution is 9.12. The molecule has 0 saturated carbocycles. The van der Waals surface area contributed by atoms with Gasteiger partial charge in [0.25, 0.3) is 0 Å². The highest BCUT2D eigenvalue weighted by Crippen LogP contribution is 2.55. The van der Waals surface area contributed by atoms with Gasteiger partial charge in [-0.1, -0.05) is 0 Å². The number of nitrogens with zero attached hydrogens (tertiary/aromatic N) is 1. The van der Waals surface area contributed by atoms with E-state index in [0.717, 1.165) is 31.9 Å². The fraction of sp³-hybridized carbons (Fsp3) is 0.875. The lowest BCUT2D eigenvalue weighted by Gasteiger charge is -2.38. The molecule has 0 fully saturated rings. The maximum absolute atomic E-state index is 13.6. The highest BCUT2D eigenvalue weighted by Gasteiger charge is 2.81. The van der Waals surface area contributed by atoms with Crippen molar-refractivity contribution in [1.29, 1.82) is 5.26 Å². The van der Waals surface area contributed by atoms with Crippen molar-refractivity contribution >= 4 is 31.9 Å². The summed E-state index contributed by atoms with van der Waals surface area (Å²) >= 11 is 1.99. The van der Waals surface area contributed by atoms with Gasteiger partial charge in [-0.25, -0.2) is 0 Å². The molecule has 2 atom stereocenters. The molecule has 2 unspecified atom stereocenters. The molecule has 0 aromatic carbocycles. The predicted molar refractivity (Wildman–Crippen MR) is 59.2 cm³/mol. The first-order chi connectivity index (χ1) is 11.0. The number of nitriles is 1. The van der Waals surface area contributed by atoms with Crippen LogP contribution in [0.3, 0.4) is 0 Å². The van der Waals surface area contributed by atoms with Gasteiger partial charge in [0.1, 0.15) is 6.07 Å². The van der Waals surface area contributed by atoms with Gasteiger partial charge in [0, 0.05) is 0 Å². The molecule has 18 heteroatoms. The molecular formula is C8Br2F13NO2. The Hall–Kier alpha value is -0.540. The number of alkyl halides is 15. The zero-order valence-electron chi connectivity index (χ0n) is 10.9. The van der Waals surface area contributed by atoms with Gasteiger partial charge in [-0.2, -0.15) is 62.3 Å². The Bertz CT molecular complexity index is 566. The van der Waals surface area contributed by atoms with E-state index >= 15 is 0 Å². The van der Waals surface area contributed by atoms with Crippen molar-refractivity contribution in [2.45, 2.75) is 39.8 Å². The fourth-order valence-corrected chi connectivity index (χ4v) is 1.16. The third-order valence-corrected chi connectivity index (χ3v) is 3.80. The monoisotopic (exact) mass is 547 g/mol. The van der Waals surface area contributed by atoms with Crippen LogP contribution in [-0.2, 0) is 9.47 Å². The van der Waals surface area contributed by atoms with Crippen LogP contribution in [0.15, 0.2) is 0 Å². The topological polar surface area (TPSA) is 42.2 Å². The Morgan fingerprint density at radius 2 is 1.04 bits per heavy atom. The Labute approximate surface area is 150 Å². The first kappa shape index (κ1) is 25.5. The molecule has 154 valence electrons. The van der Waals surface area contributed by atoms with Crippen LogP contribution in [0.25, 0.3) is 0 Å². The van der Waals surface area contributed by atoms with Gasteiger partial charge in [0.05, 0.1) is 0 Å². The summed E-state index contributed by atoms with van der Waals surface area (Å²) in [6, 6.07) is -0.659. The van der Waals surface area contributed by atoms with E-state index in [-0.39, 0.29) is 0 Å². The molecular weight excluding hydrogens is 549 g/mol. The molecule has 0 aromatic heterocycles. The maximum Gasteiger partial charge on any atom is 0.458 e. The highest BCUT2D eigenvalue weighted by atomic mass is 79.9. The van der Waals surface area contributed by atoms with Crippen LogP contribution in [0.5, 0.6) is 0 Å². The molecule has 0 saturated heterocycles. The maximum atomic E-state index is 13.6. The molecule has 0 heterocycles. The van der Waals surface area contributed by atoms with Crippen molar-refractivity contribution in [3.05, 3.63) is 0 Å². The second-order valence-electron chi connectivity index (χ2n) is 4.03. The van der Waals surface area contributed by atoms with Crippen LogP contribution in [-0.4, -0.2) is 39.8 Å². The molecule has 0 radical (unpaired) electrons. The lowest BCUT2D eigenvalue weighted by molar-refractivity contribution is -0.526. The molecule has 26 heavy (non-hydrogen) atoms. The first-order valence-electron chi connectivity index (χ1n) is 5.12. The van der Waals surface area contributed by atoms with Crippen LogP contribution >= 0.6 is 31.9 Å². The van der Waals surface area contributed by atoms with Crippen molar-refractivity contribution in [1.82, 2.24) is 0 Å². The second kappa shape index (κ2) is 6.81. The van der Waals surface area contributed by atoms with E-state index in [1.165, 1.54) is 0 Å². The minimum Gasteiger partial charge on any atom is -0.262 e. The van der Waals surface area contributed by atoms with Gasteiger partial charge in [0.2, 0.25) is 0 Å². The summed E-state index contributed by atoms with van der Waals surface area (Å²) in [5.41, 5.74) is 0. The van der Waals surface area contributed by atoms with E-state index in [1.807, 2.05) is 0 Å². The largest absolute Gasteiger partial charge is 0.458 e. The van der Waals surface area contributed by atoms with Crippen LogP contribution < -0.4 is 0 Å². The van der Waals surface area contributed by atoms with E-state index in [1.54, 1.807) is 4.74 Å². The lowest BCUT2D eigenvalue weighted by atomic mass is 10.2. The quantitative estimate of drug-likeness (QED) is 0.307. The molecule has 0 aromatic rings. The molecule has 0 rings (SSSR count). The lowest BCUT2D eigenvalue weighted by Crippen LogP contribution is -2.65. The van der Waals surface area contributed by atoms with Gasteiger partial charge in [-0.3, -0.25) is 9.47 Å². The van der Waals surface area contributed by atoms with Crippen molar-refractivity contribution in [2.75, 3.05) is 0 Å². The molecule has 0 aliphatic carbocycles. The zero-order chi connectivity index (χ0) is 21.6. The number of hydrogen-bond acceptors (Lipinski definition) is 3. The third kappa shape index (κ3) is 4.65. The van der Waals surface area contributed by atoms with Gasteiger partial charge in [-0.05, 0) is 31.9 Å². The zero-order valence-corrected chi connectivity index (χ0v) is 14.1. The van der Waals surface area contributed by atoms with Crippen LogP contribution in [0.1, 0.15) is 0 Å². The van der Waals surface area contributed by atoms with Crippen LogP contribution in [0.2, 0.25) is 0 Å². The summed E-state index contributed by atoms with van der Waals surface area (Å²) in [6.07, 6.45) is -21.4. The van der Waals surface area contributed by atoms with Crippen molar-refractivity contribution < 1.29 is 66.5 Å². The van der Waals surface area contributed by atoms with Crippen LogP contribution in [0.4, 0.5) is 57.1 Å². The van der Waals surface area contributed by atoms with Gasteiger partial charge < -0.3 is 0 Å². The van der Waals surface area contributed by atoms with E-state index in [2.05, 4.69) is 4.74 Å². The Morgan fingerprint density at radius 1 is 0.654 bits per heavy atom. The molecule has 0 amide bonds. The second-order valence-corrected chi connectivity index (χ2v) is 6.05. The molecule has 0 aliphatic heterocycles. The third-order valence-electron chi connectivity index (χ3n) is 2.10. The van der Waals surface area contributed by atoms with Gasteiger partial charge in [0.15, 0.2) is 0 Å². The van der Waals surface area contributed by atoms with Crippen molar-refractivity contribution in [2.24, 2.45) is 0 Å². The molecule has 0 aliphatic rings. The van der Waals surface area contributed by atoms with Crippen molar-refractivity contribution in [3.8, 4) is 6.07 Å². The Kier molecular flexibility index (Phi) is 6.67. The minimum atomic E-state index is -7.38. The molecule has 0 spiro atoms. The smallest absolute Gasteiger partial charge is 0.262 e. The average molecular weight is 549 g/mol. The number of halogens is 15. The first-order valence-corrected chi connectivity index (χ1v) is 6.71. The summed E-state index contributed by atoms with van der Waals surface area (Å²) in [4.78, 5) is -5.31. The van der Waals surface area contributed by atoms with E-state index in [0.29, 0.717) is 0 Å². The number of rotatable bonds is 7.